The fourth-order valence-electron chi connectivity index (χ4n) is 10.4. The second-order valence-corrected chi connectivity index (χ2v) is 25.8. The van der Waals surface area contributed by atoms with E-state index in [4.69, 9.17) is 0 Å². The molecule has 18 nitrogen and oxygen atoms in total. The lowest BCUT2D eigenvalue weighted by molar-refractivity contribution is -0.166. The zero-order valence-corrected chi connectivity index (χ0v) is 52.2. The van der Waals surface area contributed by atoms with E-state index < -0.39 is 62.5 Å². The number of halogens is 7. The third-order valence-corrected chi connectivity index (χ3v) is 19.8. The van der Waals surface area contributed by atoms with Gasteiger partial charge in [0.25, 0.3) is 0 Å². The smallest absolute Gasteiger partial charge is 0.352 e. The zero-order valence-electron chi connectivity index (χ0n) is 49.0. The number of nitrogens with one attached hydrogen (secondary N) is 3. The van der Waals surface area contributed by atoms with Gasteiger partial charge in [-0.05, 0) is 154 Å². The Morgan fingerprint density at radius 1 is 0.663 bits per heavy atom. The standard InChI is InChI=1S/C27H23F3N6O2S.C23H21F3N4O2S.C8H18N2.C4H3BrN2/c1-3-13-35(17(2)27(28,29)30)39(37,38)20-8-10-23(34-16-20)25-22(15-31)21-9-7-19(18-5-6-18)14-24(21)36(25)26-32-11-4-12-33-26;1-3-10-30(14(2)23(24,25)26)33(31,32)17-7-9-20(28-13-17)22-19(12-27)18-8-6-16(15-4-5-15)11-21(18)29-22;1-9-7-5-3-4-6-8(7)10-2;5-4-6-2-1-3-7-4/h3-4,7-12,14,16-18H,1,5-6,13H2,2H3;3,6-9,11,13-15,29H,1,4-5,10H2,2H3;7-10H,3-6H2,1-2H3;1-3H/t17-;14-;7-,8-;/m000./s1. The molecule has 0 amide bonds. The highest BCUT2D eigenvalue weighted by molar-refractivity contribution is 9.10. The second kappa shape index (κ2) is 28.8. The molecule has 8 aromatic rings. The van der Waals surface area contributed by atoms with Crippen LogP contribution < -0.4 is 10.6 Å². The SMILES string of the molecule is Brc1ncccn1.C=CCN([C@@H](C)C(F)(F)F)S(=O)(=O)c1ccc(-c2[nH]c3cc(C4CC4)ccc3c2C#N)nc1.C=CCN([C@@H](C)C(F)(F)F)S(=O)(=O)c1ccc(-c2c(C#N)c3ccc(C4CC4)cc3n2-c2ncccn2)nc1.CN[C@H]1CCCC[C@@H]1NC. The number of sulfonamides is 2. The maximum atomic E-state index is 13.4. The topological polar surface area (TPSA) is 244 Å². The summed E-state index contributed by atoms with van der Waals surface area (Å²) in [6.07, 6.45) is 11.0. The van der Waals surface area contributed by atoms with Crippen molar-refractivity contribution in [1.29, 1.82) is 10.5 Å². The predicted molar refractivity (Wildman–Crippen MR) is 330 cm³/mol. The number of nitrogens with zero attached hydrogens (tertiary/aromatic N) is 11. The number of rotatable bonds is 17. The van der Waals surface area contributed by atoms with E-state index in [9.17, 15) is 53.7 Å². The van der Waals surface area contributed by atoms with E-state index in [1.807, 2.05) is 36.4 Å². The molecule has 0 radical (unpaired) electrons. The van der Waals surface area contributed by atoms with Crippen molar-refractivity contribution in [3.05, 3.63) is 162 Å². The molecule has 27 heteroatoms. The first-order valence-corrected chi connectivity index (χ1v) is 32.1. The fourth-order valence-corrected chi connectivity index (χ4v) is 13.7. The van der Waals surface area contributed by atoms with E-state index in [2.05, 4.69) is 101 Å². The number of aromatic amines is 1. The monoisotopic (exact) mass is 1330 g/mol. The number of benzene rings is 2. The Morgan fingerprint density at radius 3 is 1.53 bits per heavy atom. The Kier molecular flexibility index (Phi) is 21.7. The number of H-pyrrole nitrogens is 1. The summed E-state index contributed by atoms with van der Waals surface area (Å²) in [5.41, 5.74) is 5.79. The molecule has 4 atom stereocenters. The molecule has 11 rings (SSSR count). The van der Waals surface area contributed by atoms with Gasteiger partial charge >= 0.3 is 12.4 Å². The molecule has 6 heterocycles. The average Bonchev–Trinajstić information content (AvgIpc) is 1.67. The van der Waals surface area contributed by atoms with Crippen molar-refractivity contribution < 1.29 is 43.2 Å². The summed E-state index contributed by atoms with van der Waals surface area (Å²) in [6, 6.07) is 21.6. The molecular formula is C62H65BrF6N14O4S2. The first-order chi connectivity index (χ1) is 42.4. The van der Waals surface area contributed by atoms with E-state index >= 15 is 0 Å². The number of alkyl halides is 6. The molecule has 0 saturated heterocycles. The number of hydrogen-bond acceptors (Lipinski definition) is 14. The predicted octanol–water partition coefficient (Wildman–Crippen LogP) is 12.4. The minimum absolute atomic E-state index is 0.237. The number of hydrogen-bond donors (Lipinski definition) is 3. The van der Waals surface area contributed by atoms with Crippen molar-refractivity contribution in [1.82, 2.24) is 58.7 Å². The van der Waals surface area contributed by atoms with Crippen LogP contribution in [0.15, 0.2) is 150 Å². The van der Waals surface area contributed by atoms with Crippen LogP contribution >= 0.6 is 15.9 Å². The molecule has 0 aliphatic heterocycles. The first-order valence-electron chi connectivity index (χ1n) is 28.4. The molecule has 2 aromatic carbocycles. The average molecular weight is 1330 g/mol. The molecule has 3 N–H and O–H groups in total. The van der Waals surface area contributed by atoms with E-state index in [1.165, 1.54) is 55.5 Å². The number of fused-ring (bicyclic) bond motifs is 2. The van der Waals surface area contributed by atoms with Gasteiger partial charge in [0, 0.05) is 78.6 Å². The van der Waals surface area contributed by atoms with Crippen LogP contribution in [0.3, 0.4) is 0 Å². The Labute approximate surface area is 521 Å². The number of nitriles is 2. The van der Waals surface area contributed by atoms with Crippen molar-refractivity contribution in [3.8, 4) is 40.9 Å². The molecule has 6 aromatic heterocycles. The van der Waals surface area contributed by atoms with Gasteiger partial charge < -0.3 is 15.6 Å². The van der Waals surface area contributed by atoms with Gasteiger partial charge in [0.05, 0.1) is 39.4 Å². The molecule has 3 aliphatic rings. The Morgan fingerprint density at radius 2 is 1.12 bits per heavy atom. The largest absolute Gasteiger partial charge is 0.404 e. The number of likely N-dealkylation sites (N-methyl/N-ethyl adjacent to an activating group) is 2. The van der Waals surface area contributed by atoms with Crippen LogP contribution in [0.25, 0.3) is 50.5 Å². The second-order valence-electron chi connectivity index (χ2n) is 21.3. The van der Waals surface area contributed by atoms with Crippen LogP contribution in [-0.4, -0.2) is 129 Å². The van der Waals surface area contributed by atoms with Gasteiger partial charge in [0.1, 0.15) is 34.0 Å². The van der Waals surface area contributed by atoms with Crippen LogP contribution in [0, 0.1) is 22.7 Å². The zero-order chi connectivity index (χ0) is 64.4. The summed E-state index contributed by atoms with van der Waals surface area (Å²) in [7, 11) is -4.95. The van der Waals surface area contributed by atoms with Crippen molar-refractivity contribution in [2.45, 2.75) is 123 Å². The molecular weight excluding hydrogens is 1260 g/mol. The third-order valence-electron chi connectivity index (χ3n) is 15.5. The normalized spacial score (nSPS) is 16.8. The molecule has 0 bridgehead atoms. The molecule has 3 fully saturated rings. The highest BCUT2D eigenvalue weighted by Crippen LogP contribution is 2.44. The minimum Gasteiger partial charge on any atom is -0.352 e. The van der Waals surface area contributed by atoms with Gasteiger partial charge in [-0.15, -0.1) is 13.2 Å². The van der Waals surface area contributed by atoms with Crippen LogP contribution in [-0.2, 0) is 20.0 Å². The maximum absolute atomic E-state index is 13.4. The van der Waals surface area contributed by atoms with Crippen molar-refractivity contribution in [2.24, 2.45) is 0 Å². The maximum Gasteiger partial charge on any atom is 0.404 e. The third kappa shape index (κ3) is 15.6. The summed E-state index contributed by atoms with van der Waals surface area (Å²) in [5.74, 6) is 1.28. The van der Waals surface area contributed by atoms with E-state index in [-0.39, 0.29) is 10.6 Å². The van der Waals surface area contributed by atoms with Crippen LogP contribution in [0.4, 0.5) is 26.3 Å². The summed E-state index contributed by atoms with van der Waals surface area (Å²) >= 11 is 3.09. The summed E-state index contributed by atoms with van der Waals surface area (Å²) in [5, 5.41) is 27.9. The molecule has 3 saturated carbocycles. The minimum atomic E-state index is -4.78. The molecule has 0 spiro atoms. The first kappa shape index (κ1) is 67.2. The quantitative estimate of drug-likeness (QED) is 0.0436. The highest BCUT2D eigenvalue weighted by Gasteiger charge is 2.46. The summed E-state index contributed by atoms with van der Waals surface area (Å²) < 4.78 is 135. The fraction of sp³-hybridized carbons (Fsp3) is 0.355. The number of pyridine rings is 2. The van der Waals surface area contributed by atoms with Crippen LogP contribution in [0.5, 0.6) is 0 Å². The van der Waals surface area contributed by atoms with Crippen molar-refractivity contribution in [2.75, 3.05) is 27.2 Å². The molecule has 468 valence electrons. The van der Waals surface area contributed by atoms with Gasteiger partial charge in [-0.2, -0.15) is 45.5 Å². The van der Waals surface area contributed by atoms with Crippen molar-refractivity contribution >= 4 is 57.8 Å². The number of aromatic nitrogens is 8. The van der Waals surface area contributed by atoms with Gasteiger partial charge in [-0.25, -0.2) is 36.8 Å². The Hall–Kier alpha value is -7.76. The Bertz CT molecular complexity index is 4070. The van der Waals surface area contributed by atoms with Crippen molar-refractivity contribution in [3.63, 3.8) is 0 Å². The Balaban J connectivity index is 0.000000183. The lowest BCUT2D eigenvalue weighted by Gasteiger charge is -2.30. The van der Waals surface area contributed by atoms with E-state index in [0.717, 1.165) is 80.5 Å². The highest BCUT2D eigenvalue weighted by atomic mass is 79.9. The summed E-state index contributed by atoms with van der Waals surface area (Å²) in [4.78, 5) is 27.1. The summed E-state index contributed by atoms with van der Waals surface area (Å²) in [6.45, 7) is 7.27. The lowest BCUT2D eigenvalue weighted by Crippen LogP contribution is -2.47. The van der Waals surface area contributed by atoms with Gasteiger partial charge in [-0.3, -0.25) is 14.5 Å². The van der Waals surface area contributed by atoms with Gasteiger partial charge in [0.2, 0.25) is 26.0 Å². The van der Waals surface area contributed by atoms with Gasteiger partial charge in [-0.1, -0.05) is 49.3 Å². The lowest BCUT2D eigenvalue weighted by atomic mass is 9.91. The molecule has 89 heavy (non-hydrogen) atoms. The molecule has 3 aliphatic carbocycles. The van der Waals surface area contributed by atoms with E-state index in [1.54, 1.807) is 41.5 Å². The van der Waals surface area contributed by atoms with E-state index in [0.29, 0.717) is 82.3 Å². The van der Waals surface area contributed by atoms with Gasteiger partial charge in [0.15, 0.2) is 4.73 Å². The van der Waals surface area contributed by atoms with Crippen LogP contribution in [0.1, 0.15) is 99.3 Å². The molecule has 0 unspecified atom stereocenters. The van der Waals surface area contributed by atoms with Crippen LogP contribution in [0.2, 0.25) is 0 Å².